The van der Waals surface area contributed by atoms with Crippen molar-refractivity contribution in [1.29, 1.82) is 0 Å². The number of primary amides is 1. The summed E-state index contributed by atoms with van der Waals surface area (Å²) in [6.45, 7) is 3.73. The van der Waals surface area contributed by atoms with Gasteiger partial charge in [-0.3, -0.25) is 4.79 Å². The molecule has 0 aliphatic carbocycles. The lowest BCUT2D eigenvalue weighted by molar-refractivity contribution is 0.1000. The van der Waals surface area contributed by atoms with E-state index in [1.54, 1.807) is 57.4 Å². The zero-order valence-electron chi connectivity index (χ0n) is 14.7. The number of ether oxygens (including phenoxy) is 1. The summed E-state index contributed by atoms with van der Waals surface area (Å²) in [5, 5.41) is 0. The van der Waals surface area contributed by atoms with Crippen molar-refractivity contribution < 1.29 is 17.9 Å². The molecule has 0 aliphatic heterocycles. The molecule has 0 fully saturated rings. The molecule has 2 rings (SSSR count). The van der Waals surface area contributed by atoms with Crippen LogP contribution in [0.15, 0.2) is 41.3 Å². The molecule has 0 radical (unpaired) electrons. The number of carbonyl (C=O) groups is 1. The zero-order chi connectivity index (χ0) is 18.8. The number of hydrogen-bond acceptors (Lipinski definition) is 4. The van der Waals surface area contributed by atoms with Crippen molar-refractivity contribution >= 4 is 15.9 Å². The van der Waals surface area contributed by atoms with E-state index in [0.717, 1.165) is 11.1 Å². The molecule has 0 heterocycles. The summed E-state index contributed by atoms with van der Waals surface area (Å²) in [4.78, 5) is 11.4. The van der Waals surface area contributed by atoms with Crippen molar-refractivity contribution in [3.63, 3.8) is 0 Å². The second-order valence-electron chi connectivity index (χ2n) is 5.91. The molecule has 0 unspecified atom stereocenters. The average Bonchev–Trinajstić information content (AvgIpc) is 2.56. The van der Waals surface area contributed by atoms with E-state index in [2.05, 4.69) is 0 Å². The Bertz CT molecular complexity index is 890. The van der Waals surface area contributed by atoms with Gasteiger partial charge in [-0.2, -0.15) is 4.31 Å². The molecule has 0 spiro atoms. The van der Waals surface area contributed by atoms with Crippen LogP contribution in [0.2, 0.25) is 0 Å². The van der Waals surface area contributed by atoms with E-state index in [4.69, 9.17) is 10.5 Å². The summed E-state index contributed by atoms with van der Waals surface area (Å²) in [5.74, 6) is 0.137. The minimum atomic E-state index is -3.66. The lowest BCUT2D eigenvalue weighted by Gasteiger charge is -2.20. The Labute approximate surface area is 148 Å². The normalized spacial score (nSPS) is 11.6. The van der Waals surface area contributed by atoms with Crippen LogP contribution in [0.5, 0.6) is 5.75 Å². The molecule has 2 aromatic carbocycles. The fourth-order valence-corrected chi connectivity index (χ4v) is 3.99. The van der Waals surface area contributed by atoms with Crippen molar-refractivity contribution in [3.8, 4) is 5.75 Å². The van der Waals surface area contributed by atoms with E-state index < -0.39 is 15.9 Å². The molecule has 0 saturated heterocycles. The molecule has 1 amide bonds. The minimum absolute atomic E-state index is 0.186. The molecule has 0 aromatic heterocycles. The third-order valence-electron chi connectivity index (χ3n) is 4.02. The van der Waals surface area contributed by atoms with Crippen molar-refractivity contribution in [2.24, 2.45) is 5.73 Å². The van der Waals surface area contributed by atoms with Crippen LogP contribution in [-0.4, -0.2) is 32.8 Å². The van der Waals surface area contributed by atoms with Gasteiger partial charge < -0.3 is 10.5 Å². The Morgan fingerprint density at radius 1 is 1.12 bits per heavy atom. The Kier molecular flexibility index (Phi) is 5.49. The van der Waals surface area contributed by atoms with Crippen LogP contribution in [0, 0.1) is 13.8 Å². The van der Waals surface area contributed by atoms with Gasteiger partial charge in [-0.1, -0.05) is 12.1 Å². The molecule has 0 saturated carbocycles. The average molecular weight is 362 g/mol. The van der Waals surface area contributed by atoms with Gasteiger partial charge in [0.25, 0.3) is 0 Å². The van der Waals surface area contributed by atoms with E-state index in [1.165, 1.54) is 11.4 Å². The highest BCUT2D eigenvalue weighted by Crippen LogP contribution is 2.27. The Morgan fingerprint density at radius 2 is 1.72 bits per heavy atom. The molecule has 7 heteroatoms. The fourth-order valence-electron chi connectivity index (χ4n) is 2.55. The van der Waals surface area contributed by atoms with E-state index >= 15 is 0 Å². The molecule has 6 nitrogen and oxygen atoms in total. The zero-order valence-corrected chi connectivity index (χ0v) is 15.6. The van der Waals surface area contributed by atoms with E-state index in [0.29, 0.717) is 16.9 Å². The number of sulfonamides is 1. The molecule has 0 bridgehead atoms. The highest BCUT2D eigenvalue weighted by atomic mass is 32.2. The molecular weight excluding hydrogens is 340 g/mol. The van der Waals surface area contributed by atoms with Gasteiger partial charge in [0.2, 0.25) is 15.9 Å². The van der Waals surface area contributed by atoms with Crippen molar-refractivity contribution in [2.45, 2.75) is 25.3 Å². The van der Waals surface area contributed by atoms with Crippen LogP contribution in [0.3, 0.4) is 0 Å². The second-order valence-corrected chi connectivity index (χ2v) is 7.92. The number of methoxy groups -OCH3 is 1. The van der Waals surface area contributed by atoms with Crippen LogP contribution in [0.4, 0.5) is 0 Å². The lowest BCUT2D eigenvalue weighted by Crippen LogP contribution is -2.27. The first-order chi connectivity index (χ1) is 11.7. The van der Waals surface area contributed by atoms with Gasteiger partial charge in [0.1, 0.15) is 5.75 Å². The SMILES string of the molecule is COc1cc(C)c(S(=O)(=O)N(C)Cc2ccc(C(N)=O)cc2)cc1C. The first kappa shape index (κ1) is 19.0. The van der Waals surface area contributed by atoms with E-state index in [1.807, 2.05) is 0 Å². The van der Waals surface area contributed by atoms with E-state index in [9.17, 15) is 13.2 Å². The first-order valence-electron chi connectivity index (χ1n) is 7.67. The molecule has 2 N–H and O–H groups in total. The third kappa shape index (κ3) is 4.00. The summed E-state index contributed by atoms with van der Waals surface area (Å²) >= 11 is 0. The summed E-state index contributed by atoms with van der Waals surface area (Å²) in [7, 11) is -0.578. The predicted octanol–water partition coefficient (Wildman–Crippen LogP) is 2.23. The van der Waals surface area contributed by atoms with Crippen LogP contribution in [0.1, 0.15) is 27.0 Å². The number of hydrogen-bond donors (Lipinski definition) is 1. The Hall–Kier alpha value is -2.38. The van der Waals surface area contributed by atoms with Gasteiger partial charge in [-0.05, 0) is 54.8 Å². The second kappa shape index (κ2) is 7.25. The summed E-state index contributed by atoms with van der Waals surface area (Å²) in [6, 6.07) is 9.90. The molecule has 2 aromatic rings. The highest BCUT2D eigenvalue weighted by molar-refractivity contribution is 7.89. The summed E-state index contributed by atoms with van der Waals surface area (Å²) < 4.78 is 32.3. The van der Waals surface area contributed by atoms with Crippen LogP contribution in [-0.2, 0) is 16.6 Å². The molecule has 25 heavy (non-hydrogen) atoms. The molecule has 0 aliphatic rings. The highest BCUT2D eigenvalue weighted by Gasteiger charge is 2.24. The lowest BCUT2D eigenvalue weighted by atomic mass is 10.1. The van der Waals surface area contributed by atoms with Crippen molar-refractivity contribution in [2.75, 3.05) is 14.2 Å². The quantitative estimate of drug-likeness (QED) is 0.853. The monoisotopic (exact) mass is 362 g/mol. The van der Waals surface area contributed by atoms with Gasteiger partial charge >= 0.3 is 0 Å². The maximum Gasteiger partial charge on any atom is 0.248 e. The van der Waals surface area contributed by atoms with Gasteiger partial charge in [-0.25, -0.2) is 8.42 Å². The predicted molar refractivity (Wildman–Crippen MR) is 96.1 cm³/mol. The van der Waals surface area contributed by atoms with Gasteiger partial charge in [-0.15, -0.1) is 0 Å². The van der Waals surface area contributed by atoms with Crippen molar-refractivity contribution in [3.05, 3.63) is 58.7 Å². The number of nitrogens with zero attached hydrogens (tertiary/aromatic N) is 1. The molecule has 0 atom stereocenters. The molecule has 134 valence electrons. The van der Waals surface area contributed by atoms with Gasteiger partial charge in [0.05, 0.1) is 12.0 Å². The Morgan fingerprint density at radius 3 is 2.24 bits per heavy atom. The Balaban J connectivity index is 2.30. The number of nitrogens with two attached hydrogens (primary N) is 1. The smallest absolute Gasteiger partial charge is 0.248 e. The summed E-state index contributed by atoms with van der Waals surface area (Å²) in [6.07, 6.45) is 0. The van der Waals surface area contributed by atoms with Crippen LogP contribution in [0.25, 0.3) is 0 Å². The van der Waals surface area contributed by atoms with E-state index in [-0.39, 0.29) is 11.4 Å². The van der Waals surface area contributed by atoms with Crippen LogP contribution >= 0.6 is 0 Å². The fraction of sp³-hybridized carbons (Fsp3) is 0.278. The summed E-state index contributed by atoms with van der Waals surface area (Å²) in [5.41, 5.74) is 7.74. The number of aryl methyl sites for hydroxylation is 2. The number of rotatable bonds is 6. The largest absolute Gasteiger partial charge is 0.496 e. The standard InChI is InChI=1S/C18H22N2O4S/c1-12-10-17(13(2)9-16(12)24-4)25(22,23)20(3)11-14-5-7-15(8-6-14)18(19)21/h5-10H,11H2,1-4H3,(H2,19,21). The van der Waals surface area contributed by atoms with Gasteiger partial charge in [0, 0.05) is 19.2 Å². The number of carbonyl (C=O) groups excluding carboxylic acids is 1. The van der Waals surface area contributed by atoms with Crippen LogP contribution < -0.4 is 10.5 Å². The third-order valence-corrected chi connectivity index (χ3v) is 5.97. The topological polar surface area (TPSA) is 89.7 Å². The van der Waals surface area contributed by atoms with Gasteiger partial charge in [0.15, 0.2) is 0 Å². The van der Waals surface area contributed by atoms with Crippen molar-refractivity contribution in [1.82, 2.24) is 4.31 Å². The maximum atomic E-state index is 12.9. The number of amides is 1. The first-order valence-corrected chi connectivity index (χ1v) is 9.11. The minimum Gasteiger partial charge on any atom is -0.496 e. The maximum absolute atomic E-state index is 12.9. The number of benzene rings is 2. The molecular formula is C18H22N2O4S.